The Hall–Kier alpha value is -1.10. The van der Waals surface area contributed by atoms with Crippen LogP contribution in [-0.2, 0) is 9.59 Å². The van der Waals surface area contributed by atoms with Gasteiger partial charge in [-0.2, -0.15) is 11.4 Å². The number of carbonyl (C=O) groups excluding carboxylic acids is 1. The molecule has 0 bridgehead atoms. The van der Waals surface area contributed by atoms with Gasteiger partial charge in [-0.3, -0.25) is 4.79 Å². The predicted octanol–water partition coefficient (Wildman–Crippen LogP) is 1.98. The number of hydrogen-bond acceptors (Lipinski definition) is 2. The molecular weight excluding hydrogens is 250 g/mol. The van der Waals surface area contributed by atoms with E-state index in [-0.39, 0.29) is 17.1 Å². The summed E-state index contributed by atoms with van der Waals surface area (Å²) in [7, 11) is 0. The van der Waals surface area contributed by atoms with E-state index in [1.807, 2.05) is 5.37 Å². The van der Waals surface area contributed by atoms with Crippen LogP contribution < -0.4 is 5.32 Å². The zero-order chi connectivity index (χ0) is 14.2. The quantitative estimate of drug-likeness (QED) is 0.377. The number of aliphatic carboxylic acids is 1. The molecule has 1 amide bonds. The molecule has 0 saturated heterocycles. The molecule has 0 aliphatic rings. The van der Waals surface area contributed by atoms with Gasteiger partial charge in [0.2, 0.25) is 5.91 Å². The minimum absolute atomic E-state index is 0.107. The molecular formula is C13H23NO3S. The van der Waals surface area contributed by atoms with E-state index in [4.69, 9.17) is 5.11 Å². The molecule has 0 heterocycles. The fourth-order valence-corrected chi connectivity index (χ4v) is 2.02. The van der Waals surface area contributed by atoms with Crippen molar-refractivity contribution in [3.05, 3.63) is 12.7 Å². The zero-order valence-electron chi connectivity index (χ0n) is 11.3. The van der Waals surface area contributed by atoms with Crippen LogP contribution in [0.2, 0.25) is 0 Å². The third-order valence-electron chi connectivity index (χ3n) is 2.03. The van der Waals surface area contributed by atoms with E-state index < -0.39 is 12.0 Å². The van der Waals surface area contributed by atoms with E-state index >= 15 is 0 Å². The minimum Gasteiger partial charge on any atom is -0.480 e. The van der Waals surface area contributed by atoms with Crippen LogP contribution >= 0.6 is 11.4 Å². The highest BCUT2D eigenvalue weighted by atomic mass is 32.1. The van der Waals surface area contributed by atoms with Gasteiger partial charge in [-0.25, -0.2) is 4.79 Å². The molecule has 0 spiro atoms. The Morgan fingerprint density at radius 3 is 2.50 bits per heavy atom. The summed E-state index contributed by atoms with van der Waals surface area (Å²) < 4.78 is 0.107. The second-order valence-corrected chi connectivity index (χ2v) is 6.97. The molecule has 0 rings (SSSR count). The van der Waals surface area contributed by atoms with Crippen LogP contribution in [-0.4, -0.2) is 33.1 Å². The Balaban J connectivity index is 4.32. The molecule has 0 radical (unpaired) electrons. The summed E-state index contributed by atoms with van der Waals surface area (Å²) in [6.45, 7) is 9.74. The van der Waals surface area contributed by atoms with Crippen molar-refractivity contribution in [1.82, 2.24) is 5.32 Å². The minimum atomic E-state index is -0.998. The monoisotopic (exact) mass is 273 g/mol. The van der Waals surface area contributed by atoms with Gasteiger partial charge in [0.1, 0.15) is 6.04 Å². The maximum absolute atomic E-state index is 11.4. The van der Waals surface area contributed by atoms with Gasteiger partial charge in [0.15, 0.2) is 0 Å². The van der Waals surface area contributed by atoms with Crippen LogP contribution in [0, 0.1) is 0 Å². The van der Waals surface area contributed by atoms with Crippen molar-refractivity contribution >= 4 is 28.6 Å². The molecule has 18 heavy (non-hydrogen) atoms. The van der Waals surface area contributed by atoms with Crippen molar-refractivity contribution in [1.29, 1.82) is 0 Å². The van der Waals surface area contributed by atoms with E-state index in [1.54, 1.807) is 6.08 Å². The highest BCUT2D eigenvalue weighted by molar-refractivity contribution is 7.98. The summed E-state index contributed by atoms with van der Waals surface area (Å²) in [4.78, 5) is 22.4. The summed E-state index contributed by atoms with van der Waals surface area (Å²) in [6.07, 6.45) is 2.82. The van der Waals surface area contributed by atoms with E-state index in [2.05, 4.69) is 32.7 Å². The first kappa shape index (κ1) is 16.9. The summed E-state index contributed by atoms with van der Waals surface area (Å²) in [5.41, 5.74) is 0. The van der Waals surface area contributed by atoms with Crippen LogP contribution in [0.5, 0.6) is 0 Å². The molecule has 0 aliphatic heterocycles. The Labute approximate surface area is 112 Å². The lowest BCUT2D eigenvalue weighted by molar-refractivity contribution is -0.141. The van der Waals surface area contributed by atoms with Crippen LogP contribution in [0.3, 0.4) is 0 Å². The van der Waals surface area contributed by atoms with Crippen LogP contribution in [0.25, 0.3) is 0 Å². The molecule has 0 aliphatic carbocycles. The van der Waals surface area contributed by atoms with Crippen molar-refractivity contribution in [2.45, 2.75) is 50.8 Å². The van der Waals surface area contributed by atoms with E-state index in [1.165, 1.54) is 0 Å². The number of nitrogens with one attached hydrogen (secondary N) is 1. The molecule has 0 aromatic heterocycles. The van der Waals surface area contributed by atoms with Gasteiger partial charge < -0.3 is 10.4 Å². The Bertz CT molecular complexity index is 332. The third kappa shape index (κ3) is 8.98. The number of rotatable bonds is 7. The molecule has 5 heteroatoms. The highest BCUT2D eigenvalue weighted by Gasteiger charge is 2.18. The van der Waals surface area contributed by atoms with E-state index in [0.29, 0.717) is 12.8 Å². The molecule has 0 saturated carbocycles. The molecule has 2 N–H and O–H groups in total. The van der Waals surface area contributed by atoms with Crippen LogP contribution in [0.4, 0.5) is 0 Å². The number of amides is 1. The van der Waals surface area contributed by atoms with E-state index in [9.17, 15) is 9.59 Å². The second kappa shape index (κ2) is 8.08. The second-order valence-electron chi connectivity index (χ2n) is 5.00. The lowest BCUT2D eigenvalue weighted by atomic mass is 10.2. The zero-order valence-corrected chi connectivity index (χ0v) is 12.2. The number of allylic oxidation sites excluding steroid dienone is 1. The average Bonchev–Trinajstić information content (AvgIpc) is 2.23. The Kier molecular flexibility index (Phi) is 7.59. The predicted molar refractivity (Wildman–Crippen MR) is 78.4 cm³/mol. The number of carboxylic acid groups (broad SMARTS) is 1. The van der Waals surface area contributed by atoms with Crippen LogP contribution in [0.1, 0.15) is 40.0 Å². The molecule has 0 fully saturated rings. The normalized spacial score (nSPS) is 13.7. The van der Waals surface area contributed by atoms with Gasteiger partial charge in [-0.05, 0) is 11.2 Å². The maximum Gasteiger partial charge on any atom is 0.326 e. The lowest BCUT2D eigenvalue weighted by Gasteiger charge is -2.15. The van der Waals surface area contributed by atoms with Crippen molar-refractivity contribution in [2.24, 2.45) is 0 Å². The van der Waals surface area contributed by atoms with Crippen LogP contribution in [0.15, 0.2) is 12.7 Å². The average molecular weight is 273 g/mol. The van der Waals surface area contributed by atoms with Crippen molar-refractivity contribution < 1.29 is 14.7 Å². The molecule has 1 atom stereocenters. The summed E-state index contributed by atoms with van der Waals surface area (Å²) in [5, 5.41) is 13.4. The first-order chi connectivity index (χ1) is 8.26. The SMILES string of the molecule is C=CCCC(=O)NC(CC=[SH]C(C)(C)C)C(=O)O. The van der Waals surface area contributed by atoms with Gasteiger partial charge in [0, 0.05) is 12.8 Å². The van der Waals surface area contributed by atoms with Gasteiger partial charge in [-0.15, -0.1) is 6.58 Å². The summed E-state index contributed by atoms with van der Waals surface area (Å²) in [6, 6.07) is -0.836. The van der Waals surface area contributed by atoms with Crippen molar-refractivity contribution in [3.63, 3.8) is 0 Å². The number of carbonyl (C=O) groups is 2. The Morgan fingerprint density at radius 2 is 2.06 bits per heavy atom. The molecule has 4 nitrogen and oxygen atoms in total. The van der Waals surface area contributed by atoms with Crippen molar-refractivity contribution in [2.75, 3.05) is 0 Å². The molecule has 1 unspecified atom stereocenters. The van der Waals surface area contributed by atoms with Gasteiger partial charge in [0.05, 0.1) is 0 Å². The Morgan fingerprint density at radius 1 is 1.44 bits per heavy atom. The first-order valence-corrected chi connectivity index (χ1v) is 6.89. The topological polar surface area (TPSA) is 66.4 Å². The van der Waals surface area contributed by atoms with E-state index in [0.717, 1.165) is 11.4 Å². The van der Waals surface area contributed by atoms with Crippen molar-refractivity contribution in [3.8, 4) is 0 Å². The largest absolute Gasteiger partial charge is 0.480 e. The fraction of sp³-hybridized carbons (Fsp3) is 0.615. The molecule has 0 aromatic rings. The van der Waals surface area contributed by atoms with Gasteiger partial charge >= 0.3 is 5.97 Å². The maximum atomic E-state index is 11.4. The lowest BCUT2D eigenvalue weighted by Crippen LogP contribution is -2.40. The van der Waals surface area contributed by atoms with Gasteiger partial charge in [0.25, 0.3) is 0 Å². The van der Waals surface area contributed by atoms with Gasteiger partial charge in [-0.1, -0.05) is 32.2 Å². The standard InChI is InChI=1S/C13H23NO3S/c1-5-6-7-11(15)14-10(12(16)17)8-9-18-13(2,3)4/h5,9-10,18H,1,6-8H2,2-4H3,(H,14,15)(H,16,17). The summed E-state index contributed by atoms with van der Waals surface area (Å²) >= 11 is 1.07. The molecule has 0 aromatic carbocycles. The summed E-state index contributed by atoms with van der Waals surface area (Å²) in [5.74, 6) is -1.24. The highest BCUT2D eigenvalue weighted by Crippen LogP contribution is 2.15. The molecule has 104 valence electrons. The number of hydrogen-bond donors (Lipinski definition) is 3. The number of thiol groups is 1. The first-order valence-electron chi connectivity index (χ1n) is 5.93. The third-order valence-corrected chi connectivity index (χ3v) is 3.20. The fourth-order valence-electron chi connectivity index (χ4n) is 1.15. The smallest absolute Gasteiger partial charge is 0.326 e. The number of carboxylic acids is 1.